The Labute approximate surface area is 154 Å². The molecule has 4 rings (SSSR count). The SMILES string of the molecule is Cc1cc2ncc(C(=O)NC3CCC(N4CCNCC4)CC3)c(C)n2n1. The van der Waals surface area contributed by atoms with Crippen LogP contribution in [0.15, 0.2) is 12.3 Å². The fraction of sp³-hybridized carbons (Fsp3) is 0.632. The van der Waals surface area contributed by atoms with Crippen LogP contribution in [0.5, 0.6) is 0 Å². The van der Waals surface area contributed by atoms with E-state index in [2.05, 4.69) is 25.6 Å². The van der Waals surface area contributed by atoms with Crippen LogP contribution >= 0.6 is 0 Å². The second kappa shape index (κ2) is 7.32. The third-order valence-corrected chi connectivity index (χ3v) is 5.79. The van der Waals surface area contributed by atoms with Gasteiger partial charge in [-0.25, -0.2) is 9.50 Å². The highest BCUT2D eigenvalue weighted by atomic mass is 16.1. The Bertz CT molecular complexity index is 787. The molecule has 1 aliphatic heterocycles. The highest BCUT2D eigenvalue weighted by molar-refractivity contribution is 5.95. The average molecular weight is 356 g/mol. The van der Waals surface area contributed by atoms with E-state index in [0.29, 0.717) is 11.6 Å². The lowest BCUT2D eigenvalue weighted by atomic mass is 9.89. The second-order valence-corrected chi connectivity index (χ2v) is 7.58. The summed E-state index contributed by atoms with van der Waals surface area (Å²) in [6, 6.07) is 2.86. The quantitative estimate of drug-likeness (QED) is 0.867. The molecule has 2 aliphatic rings. The lowest BCUT2D eigenvalue weighted by Crippen LogP contribution is -2.51. The molecule has 2 aromatic heterocycles. The van der Waals surface area contributed by atoms with E-state index in [0.717, 1.165) is 56.1 Å². The van der Waals surface area contributed by atoms with Gasteiger partial charge in [0.25, 0.3) is 5.91 Å². The molecule has 0 spiro atoms. The van der Waals surface area contributed by atoms with Crippen LogP contribution in [0.25, 0.3) is 5.65 Å². The molecule has 2 N–H and O–H groups in total. The van der Waals surface area contributed by atoms with Crippen LogP contribution in [0.1, 0.15) is 47.4 Å². The van der Waals surface area contributed by atoms with E-state index in [-0.39, 0.29) is 11.9 Å². The average Bonchev–Trinajstić information content (AvgIpc) is 3.05. The van der Waals surface area contributed by atoms with E-state index >= 15 is 0 Å². The molecule has 7 nitrogen and oxygen atoms in total. The molecular formula is C19H28N6O. The molecule has 0 unspecified atom stereocenters. The summed E-state index contributed by atoms with van der Waals surface area (Å²) in [5.74, 6) is -0.0318. The normalized spacial score (nSPS) is 24.7. The molecule has 7 heteroatoms. The molecule has 0 atom stereocenters. The Morgan fingerprint density at radius 3 is 2.65 bits per heavy atom. The van der Waals surface area contributed by atoms with Crippen LogP contribution in [-0.4, -0.2) is 63.7 Å². The van der Waals surface area contributed by atoms with E-state index in [1.54, 1.807) is 10.7 Å². The highest BCUT2D eigenvalue weighted by Crippen LogP contribution is 2.24. The number of amides is 1. The molecule has 1 saturated carbocycles. The zero-order valence-corrected chi connectivity index (χ0v) is 15.7. The number of fused-ring (bicyclic) bond motifs is 1. The van der Waals surface area contributed by atoms with Crippen molar-refractivity contribution < 1.29 is 4.79 Å². The minimum absolute atomic E-state index is 0.0318. The smallest absolute Gasteiger partial charge is 0.254 e. The van der Waals surface area contributed by atoms with Gasteiger partial charge in [-0.2, -0.15) is 5.10 Å². The maximum absolute atomic E-state index is 12.8. The first-order chi connectivity index (χ1) is 12.6. The lowest BCUT2D eigenvalue weighted by Gasteiger charge is -2.39. The Balaban J connectivity index is 1.37. The van der Waals surface area contributed by atoms with Crippen molar-refractivity contribution >= 4 is 11.6 Å². The van der Waals surface area contributed by atoms with Gasteiger partial charge in [-0.1, -0.05) is 0 Å². The van der Waals surface area contributed by atoms with E-state index in [4.69, 9.17) is 0 Å². The maximum Gasteiger partial charge on any atom is 0.254 e. The molecule has 26 heavy (non-hydrogen) atoms. The molecule has 1 saturated heterocycles. The van der Waals surface area contributed by atoms with E-state index in [9.17, 15) is 4.79 Å². The largest absolute Gasteiger partial charge is 0.349 e. The van der Waals surface area contributed by atoms with Crippen molar-refractivity contribution in [2.45, 2.75) is 51.6 Å². The van der Waals surface area contributed by atoms with Crippen LogP contribution in [-0.2, 0) is 0 Å². The molecule has 1 aliphatic carbocycles. The second-order valence-electron chi connectivity index (χ2n) is 7.58. The number of aromatic nitrogens is 3. The fourth-order valence-corrected chi connectivity index (χ4v) is 4.28. The summed E-state index contributed by atoms with van der Waals surface area (Å²) in [5.41, 5.74) is 3.15. The number of piperazine rings is 1. The van der Waals surface area contributed by atoms with Gasteiger partial charge in [-0.15, -0.1) is 0 Å². The van der Waals surface area contributed by atoms with Crippen LogP contribution in [0.3, 0.4) is 0 Å². The summed E-state index contributed by atoms with van der Waals surface area (Å²) < 4.78 is 1.76. The van der Waals surface area contributed by atoms with Gasteiger partial charge in [-0.3, -0.25) is 9.69 Å². The van der Waals surface area contributed by atoms with Crippen LogP contribution in [0.4, 0.5) is 0 Å². The number of rotatable bonds is 3. The topological polar surface area (TPSA) is 74.6 Å². The Hall–Kier alpha value is -1.99. The first-order valence-corrected chi connectivity index (χ1v) is 9.69. The van der Waals surface area contributed by atoms with E-state index in [1.807, 2.05) is 19.9 Å². The van der Waals surface area contributed by atoms with Crippen LogP contribution < -0.4 is 10.6 Å². The van der Waals surface area contributed by atoms with Gasteiger partial charge in [0.15, 0.2) is 5.65 Å². The summed E-state index contributed by atoms with van der Waals surface area (Å²) in [4.78, 5) is 19.7. The van der Waals surface area contributed by atoms with Crippen molar-refractivity contribution in [2.75, 3.05) is 26.2 Å². The molecule has 1 amide bonds. The van der Waals surface area contributed by atoms with Crippen molar-refractivity contribution in [3.8, 4) is 0 Å². The van der Waals surface area contributed by atoms with Gasteiger partial charge in [0.2, 0.25) is 0 Å². The molecule has 3 heterocycles. The number of hydrogen-bond donors (Lipinski definition) is 2. The predicted molar refractivity (Wildman–Crippen MR) is 100 cm³/mol. The molecular weight excluding hydrogens is 328 g/mol. The zero-order valence-electron chi connectivity index (χ0n) is 15.7. The van der Waals surface area contributed by atoms with Crippen molar-refractivity contribution in [3.05, 3.63) is 29.2 Å². The van der Waals surface area contributed by atoms with Crippen LogP contribution in [0.2, 0.25) is 0 Å². The zero-order chi connectivity index (χ0) is 18.1. The lowest BCUT2D eigenvalue weighted by molar-refractivity contribution is 0.0892. The van der Waals surface area contributed by atoms with Crippen LogP contribution in [0, 0.1) is 13.8 Å². The summed E-state index contributed by atoms with van der Waals surface area (Å²) in [7, 11) is 0. The minimum atomic E-state index is -0.0318. The first kappa shape index (κ1) is 17.4. The van der Waals surface area contributed by atoms with Gasteiger partial charge in [-0.05, 0) is 39.5 Å². The number of nitrogens with one attached hydrogen (secondary N) is 2. The number of hydrogen-bond acceptors (Lipinski definition) is 5. The third-order valence-electron chi connectivity index (χ3n) is 5.79. The number of aryl methyl sites for hydroxylation is 2. The molecule has 0 radical (unpaired) electrons. The summed E-state index contributed by atoms with van der Waals surface area (Å²) >= 11 is 0. The van der Waals surface area contributed by atoms with Gasteiger partial charge in [0.05, 0.1) is 17.0 Å². The van der Waals surface area contributed by atoms with Crippen molar-refractivity contribution in [2.24, 2.45) is 0 Å². The molecule has 0 bridgehead atoms. The van der Waals surface area contributed by atoms with Gasteiger partial charge < -0.3 is 10.6 Å². The third kappa shape index (κ3) is 3.46. The van der Waals surface area contributed by atoms with Crippen molar-refractivity contribution in [1.82, 2.24) is 30.1 Å². The summed E-state index contributed by atoms with van der Waals surface area (Å²) in [6.07, 6.45) is 6.11. The summed E-state index contributed by atoms with van der Waals surface area (Å²) in [5, 5.41) is 11.1. The van der Waals surface area contributed by atoms with Gasteiger partial charge in [0, 0.05) is 50.5 Å². The highest BCUT2D eigenvalue weighted by Gasteiger charge is 2.28. The standard InChI is InChI=1S/C19H28N6O/c1-13-11-18-21-12-17(14(2)25(18)23-13)19(26)22-15-3-5-16(6-4-15)24-9-7-20-8-10-24/h11-12,15-16,20H,3-10H2,1-2H3,(H,22,26). The minimum Gasteiger partial charge on any atom is -0.349 e. The number of carbonyl (C=O) groups is 1. The molecule has 2 fully saturated rings. The maximum atomic E-state index is 12.8. The van der Waals surface area contributed by atoms with Gasteiger partial charge >= 0.3 is 0 Å². The monoisotopic (exact) mass is 356 g/mol. The Morgan fingerprint density at radius 2 is 1.92 bits per heavy atom. The Morgan fingerprint density at radius 1 is 1.19 bits per heavy atom. The number of nitrogens with zero attached hydrogens (tertiary/aromatic N) is 4. The van der Waals surface area contributed by atoms with Gasteiger partial charge in [0.1, 0.15) is 0 Å². The number of carbonyl (C=O) groups excluding carboxylic acids is 1. The predicted octanol–water partition coefficient (Wildman–Crippen LogP) is 1.29. The van der Waals surface area contributed by atoms with Crippen molar-refractivity contribution in [3.63, 3.8) is 0 Å². The van der Waals surface area contributed by atoms with E-state index in [1.165, 1.54) is 12.8 Å². The van der Waals surface area contributed by atoms with E-state index < -0.39 is 0 Å². The first-order valence-electron chi connectivity index (χ1n) is 9.69. The molecule has 0 aromatic carbocycles. The molecule has 140 valence electrons. The fourth-order valence-electron chi connectivity index (χ4n) is 4.28. The van der Waals surface area contributed by atoms with Crippen molar-refractivity contribution in [1.29, 1.82) is 0 Å². The molecule has 2 aromatic rings. The summed E-state index contributed by atoms with van der Waals surface area (Å²) in [6.45, 7) is 8.35. The Kier molecular flexibility index (Phi) is 4.91.